The zero-order valence-corrected chi connectivity index (χ0v) is 17.3. The molecule has 3 rings (SSSR count). The maximum absolute atomic E-state index is 12.8. The SMILES string of the molecule is CN1C[C@@H](c2cc(N(C)C)nc(CN(C)S(=O)(=O)c3ccccc3)n2)CC1=O. The van der Waals surface area contributed by atoms with Crippen LogP contribution in [0.15, 0.2) is 41.3 Å². The van der Waals surface area contributed by atoms with Crippen molar-refractivity contribution >= 4 is 21.7 Å². The Morgan fingerprint density at radius 1 is 1.14 bits per heavy atom. The predicted octanol–water partition coefficient (Wildman–Crippen LogP) is 1.31. The highest BCUT2D eigenvalue weighted by atomic mass is 32.2. The van der Waals surface area contributed by atoms with Crippen molar-refractivity contribution in [2.24, 2.45) is 0 Å². The molecule has 1 aromatic heterocycles. The minimum Gasteiger partial charge on any atom is -0.363 e. The molecule has 0 saturated carbocycles. The van der Waals surface area contributed by atoms with Gasteiger partial charge in [-0.1, -0.05) is 18.2 Å². The number of anilines is 1. The van der Waals surface area contributed by atoms with Gasteiger partial charge in [0.25, 0.3) is 0 Å². The van der Waals surface area contributed by atoms with Crippen molar-refractivity contribution in [3.05, 3.63) is 47.9 Å². The summed E-state index contributed by atoms with van der Waals surface area (Å²) in [6, 6.07) is 10.1. The lowest BCUT2D eigenvalue weighted by atomic mass is 10.0. The molecule has 9 heteroatoms. The second kappa shape index (κ2) is 7.84. The van der Waals surface area contributed by atoms with E-state index in [4.69, 9.17) is 0 Å². The molecule has 1 aromatic carbocycles. The zero-order valence-electron chi connectivity index (χ0n) is 16.5. The molecule has 1 saturated heterocycles. The number of nitrogens with zero attached hydrogens (tertiary/aromatic N) is 5. The monoisotopic (exact) mass is 403 g/mol. The number of rotatable bonds is 6. The number of hydrogen-bond acceptors (Lipinski definition) is 6. The third-order valence-corrected chi connectivity index (χ3v) is 6.63. The summed E-state index contributed by atoms with van der Waals surface area (Å²) in [4.78, 5) is 24.8. The van der Waals surface area contributed by atoms with E-state index in [2.05, 4.69) is 9.97 Å². The lowest BCUT2D eigenvalue weighted by Gasteiger charge is -2.20. The van der Waals surface area contributed by atoms with Gasteiger partial charge in [-0.15, -0.1) is 0 Å². The van der Waals surface area contributed by atoms with Gasteiger partial charge in [-0.2, -0.15) is 4.31 Å². The Balaban J connectivity index is 1.90. The first-order chi connectivity index (χ1) is 13.2. The number of sulfonamides is 1. The molecule has 0 aliphatic carbocycles. The van der Waals surface area contributed by atoms with Gasteiger partial charge in [-0.3, -0.25) is 4.79 Å². The Labute approximate surface area is 165 Å². The fourth-order valence-corrected chi connectivity index (χ4v) is 4.28. The van der Waals surface area contributed by atoms with Crippen molar-refractivity contribution in [3.8, 4) is 0 Å². The molecular weight excluding hydrogens is 378 g/mol. The van der Waals surface area contributed by atoms with Crippen LogP contribution in [0.3, 0.4) is 0 Å². The van der Waals surface area contributed by atoms with E-state index >= 15 is 0 Å². The van der Waals surface area contributed by atoms with Crippen molar-refractivity contribution in [3.63, 3.8) is 0 Å². The largest absolute Gasteiger partial charge is 0.363 e. The number of aromatic nitrogens is 2. The molecule has 28 heavy (non-hydrogen) atoms. The van der Waals surface area contributed by atoms with Crippen molar-refractivity contribution in [1.29, 1.82) is 0 Å². The molecule has 1 fully saturated rings. The number of likely N-dealkylation sites (N-methyl/N-ethyl adjacent to an activating group) is 1. The highest BCUT2D eigenvalue weighted by molar-refractivity contribution is 7.89. The summed E-state index contributed by atoms with van der Waals surface area (Å²) in [7, 11) is 3.38. The summed E-state index contributed by atoms with van der Waals surface area (Å²) in [5.74, 6) is 1.16. The minimum absolute atomic E-state index is 0.0195. The first-order valence-electron chi connectivity index (χ1n) is 8.99. The number of carbonyl (C=O) groups is 1. The average Bonchev–Trinajstić information content (AvgIpc) is 3.01. The van der Waals surface area contributed by atoms with Crippen LogP contribution in [-0.4, -0.2) is 68.2 Å². The smallest absolute Gasteiger partial charge is 0.243 e. The first kappa shape index (κ1) is 20.2. The van der Waals surface area contributed by atoms with E-state index in [-0.39, 0.29) is 23.3 Å². The van der Waals surface area contributed by atoms with Crippen molar-refractivity contribution in [1.82, 2.24) is 19.2 Å². The molecule has 8 nitrogen and oxygen atoms in total. The predicted molar refractivity (Wildman–Crippen MR) is 106 cm³/mol. The lowest BCUT2D eigenvalue weighted by Crippen LogP contribution is -2.28. The van der Waals surface area contributed by atoms with Gasteiger partial charge in [0.1, 0.15) is 11.6 Å². The molecule has 150 valence electrons. The number of carbonyl (C=O) groups excluding carboxylic acids is 1. The van der Waals surface area contributed by atoms with Crippen molar-refractivity contribution in [2.75, 3.05) is 39.6 Å². The fraction of sp³-hybridized carbons (Fsp3) is 0.421. The summed E-state index contributed by atoms with van der Waals surface area (Å²) in [6.07, 6.45) is 0.401. The molecule has 1 aliphatic rings. The van der Waals surface area contributed by atoms with Crippen LogP contribution in [0.25, 0.3) is 0 Å². The molecule has 0 radical (unpaired) electrons. The summed E-state index contributed by atoms with van der Waals surface area (Å²) < 4.78 is 26.8. The molecule has 0 bridgehead atoms. The van der Waals surface area contributed by atoms with Gasteiger partial charge in [0, 0.05) is 53.1 Å². The number of likely N-dealkylation sites (tertiary alicyclic amines) is 1. The van der Waals surface area contributed by atoms with Crippen molar-refractivity contribution < 1.29 is 13.2 Å². The molecule has 2 heterocycles. The maximum atomic E-state index is 12.8. The van der Waals surface area contributed by atoms with Crippen LogP contribution in [0.4, 0.5) is 5.82 Å². The highest BCUT2D eigenvalue weighted by Gasteiger charge is 2.30. The third-order valence-electron chi connectivity index (χ3n) is 4.81. The zero-order chi connectivity index (χ0) is 20.5. The quantitative estimate of drug-likeness (QED) is 0.723. The number of benzene rings is 1. The number of amides is 1. The average molecular weight is 404 g/mol. The molecule has 1 atom stereocenters. The van der Waals surface area contributed by atoms with E-state index in [0.29, 0.717) is 24.6 Å². The van der Waals surface area contributed by atoms with Gasteiger partial charge in [-0.25, -0.2) is 18.4 Å². The van der Waals surface area contributed by atoms with Gasteiger partial charge in [0.2, 0.25) is 15.9 Å². The minimum atomic E-state index is -3.64. The Bertz CT molecular complexity index is 963. The Kier molecular flexibility index (Phi) is 5.66. The summed E-state index contributed by atoms with van der Waals surface area (Å²) in [6.45, 7) is 0.642. The summed E-state index contributed by atoms with van der Waals surface area (Å²) >= 11 is 0. The van der Waals surface area contributed by atoms with E-state index in [1.807, 2.05) is 25.1 Å². The molecule has 1 aliphatic heterocycles. The number of hydrogen-bond donors (Lipinski definition) is 0. The third kappa shape index (κ3) is 4.15. The standard InChI is InChI=1S/C19H25N5O3S/c1-22(2)18-11-16(14-10-19(25)23(3)12-14)20-17(21-18)13-24(4)28(26,27)15-8-6-5-7-9-15/h5-9,11,14H,10,12-13H2,1-4H3/t14-/m0/s1. The van der Waals surface area contributed by atoms with Gasteiger partial charge in [0.15, 0.2) is 0 Å². The van der Waals surface area contributed by atoms with E-state index < -0.39 is 10.0 Å². The maximum Gasteiger partial charge on any atom is 0.243 e. The van der Waals surface area contributed by atoms with E-state index in [0.717, 1.165) is 5.69 Å². The molecule has 2 aromatic rings. The molecule has 0 N–H and O–H groups in total. The van der Waals surface area contributed by atoms with Crippen LogP contribution in [0.2, 0.25) is 0 Å². The van der Waals surface area contributed by atoms with Crippen LogP contribution >= 0.6 is 0 Å². The Morgan fingerprint density at radius 3 is 2.39 bits per heavy atom. The molecule has 1 amide bonds. The normalized spacial score (nSPS) is 17.4. The highest BCUT2D eigenvalue weighted by Crippen LogP contribution is 2.28. The first-order valence-corrected chi connectivity index (χ1v) is 10.4. The molecule has 0 unspecified atom stereocenters. The second-order valence-electron chi connectivity index (χ2n) is 7.21. The summed E-state index contributed by atoms with van der Waals surface area (Å²) in [5.41, 5.74) is 0.761. The topological polar surface area (TPSA) is 86.7 Å². The van der Waals surface area contributed by atoms with Gasteiger partial charge >= 0.3 is 0 Å². The van der Waals surface area contributed by atoms with Gasteiger partial charge in [-0.05, 0) is 12.1 Å². The lowest BCUT2D eigenvalue weighted by molar-refractivity contribution is -0.126. The Morgan fingerprint density at radius 2 is 1.82 bits per heavy atom. The van der Waals surface area contributed by atoms with E-state index in [9.17, 15) is 13.2 Å². The van der Waals surface area contributed by atoms with Gasteiger partial charge < -0.3 is 9.80 Å². The van der Waals surface area contributed by atoms with Crippen molar-refractivity contribution in [2.45, 2.75) is 23.8 Å². The van der Waals surface area contributed by atoms with Gasteiger partial charge in [0.05, 0.1) is 17.1 Å². The van der Waals surface area contributed by atoms with Crippen LogP contribution < -0.4 is 4.90 Å². The molecular formula is C19H25N5O3S. The second-order valence-corrected chi connectivity index (χ2v) is 9.26. The van der Waals surface area contributed by atoms with Crippen LogP contribution in [0.1, 0.15) is 23.9 Å². The molecule has 0 spiro atoms. The van der Waals surface area contributed by atoms with E-state index in [1.54, 1.807) is 42.3 Å². The van der Waals surface area contributed by atoms with Crippen LogP contribution in [0, 0.1) is 0 Å². The Hall–Kier alpha value is -2.52. The fourth-order valence-electron chi connectivity index (χ4n) is 3.13. The van der Waals surface area contributed by atoms with Crippen LogP contribution in [-0.2, 0) is 21.4 Å². The summed E-state index contributed by atoms with van der Waals surface area (Å²) in [5, 5.41) is 0. The van der Waals surface area contributed by atoms with E-state index in [1.165, 1.54) is 11.4 Å². The van der Waals surface area contributed by atoms with Crippen LogP contribution in [0.5, 0.6) is 0 Å².